The standard InChI is InChI=1S/C57H62N4/c1-3-5-7-9-11-13-15-17-19-25-31-57(32-26-20-18-16-14-12-10-8-6-4-2)53-35-47-43-27-21-23-29-45(43)55(41(37-58)38-59)51(47)33-49(53)50-34-52-48(36-54(50)57)44-28-22-24-30-46(44)56(52)42(39-60)40-61/h21-24,27-30,33-36H,3-20,25-26,31-32H2,1-2H3. The summed E-state index contributed by atoms with van der Waals surface area (Å²) in [7, 11) is 0. The molecule has 4 heteroatoms. The van der Waals surface area contributed by atoms with Crippen molar-refractivity contribution in [1.29, 1.82) is 21.0 Å². The maximum Gasteiger partial charge on any atom is 0.138 e. The predicted molar refractivity (Wildman–Crippen MR) is 251 cm³/mol. The summed E-state index contributed by atoms with van der Waals surface area (Å²) in [5.41, 5.74) is 14.6. The minimum absolute atomic E-state index is 0.133. The van der Waals surface area contributed by atoms with Gasteiger partial charge in [-0.3, -0.25) is 0 Å². The molecule has 3 aliphatic rings. The van der Waals surface area contributed by atoms with E-state index in [9.17, 15) is 21.0 Å². The van der Waals surface area contributed by atoms with Gasteiger partial charge in [-0.2, -0.15) is 21.0 Å². The van der Waals surface area contributed by atoms with E-state index < -0.39 is 0 Å². The van der Waals surface area contributed by atoms with Crippen LogP contribution in [-0.4, -0.2) is 0 Å². The van der Waals surface area contributed by atoms with Gasteiger partial charge in [0.1, 0.15) is 35.4 Å². The van der Waals surface area contributed by atoms with Crippen LogP contribution in [0, 0.1) is 45.3 Å². The zero-order chi connectivity index (χ0) is 42.6. The van der Waals surface area contributed by atoms with E-state index >= 15 is 0 Å². The maximum absolute atomic E-state index is 10.2. The third-order valence-electron chi connectivity index (χ3n) is 14.0. The van der Waals surface area contributed by atoms with Crippen molar-refractivity contribution in [2.75, 3.05) is 0 Å². The number of hydrogen-bond donors (Lipinski definition) is 0. The molecule has 4 nitrogen and oxygen atoms in total. The fourth-order valence-corrected chi connectivity index (χ4v) is 10.9. The van der Waals surface area contributed by atoms with Crippen LogP contribution in [0.25, 0.3) is 44.5 Å². The summed E-state index contributed by atoms with van der Waals surface area (Å²) in [6, 6.07) is 34.8. The van der Waals surface area contributed by atoms with Crippen molar-refractivity contribution in [3.05, 3.63) is 117 Å². The maximum atomic E-state index is 10.2. The minimum atomic E-state index is -0.224. The summed E-state index contributed by atoms with van der Waals surface area (Å²) >= 11 is 0. The summed E-state index contributed by atoms with van der Waals surface area (Å²) in [5, 5.41) is 41.0. The fourth-order valence-electron chi connectivity index (χ4n) is 10.9. The van der Waals surface area contributed by atoms with E-state index in [4.69, 9.17) is 0 Å². The van der Waals surface area contributed by atoms with Crippen LogP contribution in [0.1, 0.15) is 188 Å². The summed E-state index contributed by atoms with van der Waals surface area (Å²) in [6.07, 6.45) is 27.9. The number of benzene rings is 4. The van der Waals surface area contributed by atoms with Gasteiger partial charge in [0.15, 0.2) is 0 Å². The van der Waals surface area contributed by atoms with Crippen LogP contribution in [0.15, 0.2) is 83.9 Å². The lowest BCUT2D eigenvalue weighted by Crippen LogP contribution is -2.26. The van der Waals surface area contributed by atoms with Gasteiger partial charge in [-0.15, -0.1) is 0 Å². The summed E-state index contributed by atoms with van der Waals surface area (Å²) in [6.45, 7) is 4.56. The van der Waals surface area contributed by atoms with Gasteiger partial charge in [0.25, 0.3) is 0 Å². The van der Waals surface area contributed by atoms with Gasteiger partial charge >= 0.3 is 0 Å². The lowest BCUT2D eigenvalue weighted by molar-refractivity contribution is 0.397. The molecule has 0 fully saturated rings. The quantitative estimate of drug-likeness (QED) is 0.0504. The molecular formula is C57H62N4. The molecule has 3 aliphatic carbocycles. The first-order valence-electron chi connectivity index (χ1n) is 23.7. The Kier molecular flexibility index (Phi) is 14.7. The Bertz CT molecular complexity index is 2260. The SMILES string of the molecule is CCCCCCCCCCCCC1(CCCCCCCCCCCC)c2cc3c(cc2-c2cc4c(cc21)-c1ccccc1C4=C(C#N)C#N)C(=C(C#N)C#N)c1ccccc1-3. The van der Waals surface area contributed by atoms with Gasteiger partial charge in [-0.1, -0.05) is 191 Å². The zero-order valence-corrected chi connectivity index (χ0v) is 36.8. The van der Waals surface area contributed by atoms with E-state index in [2.05, 4.69) is 86.7 Å². The van der Waals surface area contributed by atoms with E-state index in [-0.39, 0.29) is 16.6 Å². The van der Waals surface area contributed by atoms with Crippen LogP contribution in [0.2, 0.25) is 0 Å². The number of fused-ring (bicyclic) bond motifs is 9. The Morgan fingerprint density at radius 1 is 0.361 bits per heavy atom. The van der Waals surface area contributed by atoms with E-state index in [0.29, 0.717) is 11.1 Å². The number of hydrogen-bond acceptors (Lipinski definition) is 4. The van der Waals surface area contributed by atoms with E-state index in [0.717, 1.165) is 81.3 Å². The van der Waals surface area contributed by atoms with Crippen LogP contribution < -0.4 is 0 Å². The molecule has 0 unspecified atom stereocenters. The van der Waals surface area contributed by atoms with Gasteiger partial charge < -0.3 is 0 Å². The smallest absolute Gasteiger partial charge is 0.138 e. The Hall–Kier alpha value is -5.68. The molecule has 4 aromatic carbocycles. The molecule has 0 N–H and O–H groups in total. The molecular weight excluding hydrogens is 741 g/mol. The van der Waals surface area contributed by atoms with Gasteiger partial charge in [0, 0.05) is 16.6 Å². The molecule has 310 valence electrons. The molecule has 0 aromatic heterocycles. The van der Waals surface area contributed by atoms with Gasteiger partial charge in [0.2, 0.25) is 0 Å². The van der Waals surface area contributed by atoms with E-state index in [1.807, 2.05) is 24.3 Å². The summed E-state index contributed by atoms with van der Waals surface area (Å²) in [4.78, 5) is 0. The molecule has 0 saturated heterocycles. The van der Waals surface area contributed by atoms with Crippen molar-refractivity contribution < 1.29 is 0 Å². The third-order valence-corrected chi connectivity index (χ3v) is 14.0. The summed E-state index contributed by atoms with van der Waals surface area (Å²) < 4.78 is 0. The first kappa shape index (κ1) is 43.4. The first-order valence-corrected chi connectivity index (χ1v) is 23.7. The van der Waals surface area contributed by atoms with Crippen LogP contribution in [0.5, 0.6) is 0 Å². The van der Waals surface area contributed by atoms with Crippen LogP contribution in [0.3, 0.4) is 0 Å². The second kappa shape index (κ2) is 20.7. The number of allylic oxidation sites excluding steroid dienone is 2. The molecule has 7 rings (SSSR count). The van der Waals surface area contributed by atoms with Crippen molar-refractivity contribution in [3.8, 4) is 57.7 Å². The highest BCUT2D eigenvalue weighted by Gasteiger charge is 2.45. The number of rotatable bonds is 22. The first-order chi connectivity index (χ1) is 30.1. The number of nitrogens with zero attached hydrogens (tertiary/aromatic N) is 4. The van der Waals surface area contributed by atoms with E-state index in [1.54, 1.807) is 0 Å². The normalized spacial score (nSPS) is 13.2. The largest absolute Gasteiger partial charge is 0.192 e. The topological polar surface area (TPSA) is 95.2 Å². The molecule has 0 atom stereocenters. The van der Waals surface area contributed by atoms with E-state index in [1.165, 1.54) is 127 Å². The highest BCUT2D eigenvalue weighted by atomic mass is 14.5. The molecule has 0 spiro atoms. The molecule has 0 radical (unpaired) electrons. The lowest BCUT2D eigenvalue weighted by atomic mass is 9.69. The molecule has 4 aromatic rings. The highest BCUT2D eigenvalue weighted by Crippen LogP contribution is 2.60. The predicted octanol–water partition coefficient (Wildman–Crippen LogP) is 16.2. The Labute approximate surface area is 366 Å². The zero-order valence-electron chi connectivity index (χ0n) is 36.8. The molecule has 0 amide bonds. The third kappa shape index (κ3) is 8.76. The minimum Gasteiger partial charge on any atom is -0.192 e. The molecule has 0 saturated carbocycles. The van der Waals surface area contributed by atoms with Crippen LogP contribution >= 0.6 is 0 Å². The van der Waals surface area contributed by atoms with Gasteiger partial charge in [-0.25, -0.2) is 0 Å². The average Bonchev–Trinajstić information content (AvgIpc) is 3.88. The lowest BCUT2D eigenvalue weighted by Gasteiger charge is -2.33. The van der Waals surface area contributed by atoms with Crippen LogP contribution in [0.4, 0.5) is 0 Å². The average molecular weight is 803 g/mol. The van der Waals surface area contributed by atoms with Crippen molar-refractivity contribution in [1.82, 2.24) is 0 Å². The number of unbranched alkanes of at least 4 members (excludes halogenated alkanes) is 18. The number of nitriles is 4. The monoisotopic (exact) mass is 802 g/mol. The second-order valence-electron chi connectivity index (χ2n) is 17.9. The molecule has 61 heavy (non-hydrogen) atoms. The second-order valence-corrected chi connectivity index (χ2v) is 17.9. The Balaban J connectivity index is 1.32. The van der Waals surface area contributed by atoms with Gasteiger partial charge in [0.05, 0.1) is 0 Å². The molecule has 0 bridgehead atoms. The molecule has 0 aliphatic heterocycles. The van der Waals surface area contributed by atoms with Crippen molar-refractivity contribution in [2.45, 2.75) is 161 Å². The van der Waals surface area contributed by atoms with Crippen molar-refractivity contribution >= 4 is 11.1 Å². The summed E-state index contributed by atoms with van der Waals surface area (Å²) in [5.74, 6) is 0. The Morgan fingerprint density at radius 2 is 0.672 bits per heavy atom. The Morgan fingerprint density at radius 3 is 1.00 bits per heavy atom. The van der Waals surface area contributed by atoms with Crippen LogP contribution in [-0.2, 0) is 5.41 Å². The van der Waals surface area contributed by atoms with Crippen molar-refractivity contribution in [3.63, 3.8) is 0 Å². The fraction of sp³-hybridized carbons (Fsp3) is 0.439. The highest BCUT2D eigenvalue weighted by molar-refractivity contribution is 6.08. The van der Waals surface area contributed by atoms with Crippen molar-refractivity contribution in [2.24, 2.45) is 0 Å². The van der Waals surface area contributed by atoms with Gasteiger partial charge in [-0.05, 0) is 104 Å². The molecule has 0 heterocycles.